The van der Waals surface area contributed by atoms with Gasteiger partial charge in [-0.05, 0) is 12.0 Å². The molecule has 0 aliphatic carbocycles. The van der Waals surface area contributed by atoms with E-state index in [4.69, 9.17) is 9.47 Å². The Morgan fingerprint density at radius 2 is 1.73 bits per heavy atom. The Morgan fingerprint density at radius 3 is 2.33 bits per heavy atom. The number of aromatic hydroxyl groups is 2. The topological polar surface area (TPSA) is 200 Å². The van der Waals surface area contributed by atoms with E-state index in [-0.39, 0.29) is 29.8 Å². The Balaban J connectivity index is 1.80. The van der Waals surface area contributed by atoms with Crippen molar-refractivity contribution in [3.8, 4) is 17.2 Å². The van der Waals surface area contributed by atoms with Crippen molar-refractivity contribution in [2.45, 2.75) is 43.5 Å². The summed E-state index contributed by atoms with van der Waals surface area (Å²) in [6.45, 7) is -0.697. The van der Waals surface area contributed by atoms with Gasteiger partial charge in [-0.1, -0.05) is 12.1 Å². The molecule has 0 aromatic heterocycles. The van der Waals surface area contributed by atoms with Crippen LogP contribution in [-0.2, 0) is 11.2 Å². The lowest BCUT2D eigenvalue weighted by molar-refractivity contribution is -0.384. The van der Waals surface area contributed by atoms with Gasteiger partial charge in [-0.2, -0.15) is 0 Å². The van der Waals surface area contributed by atoms with E-state index in [1.54, 1.807) is 0 Å². The van der Waals surface area contributed by atoms with Crippen LogP contribution in [0.15, 0.2) is 36.4 Å². The van der Waals surface area contributed by atoms with Crippen molar-refractivity contribution in [2.75, 3.05) is 6.61 Å². The molecule has 0 spiro atoms. The number of aryl methyl sites for hydroxylation is 1. The normalized spacial score (nSPS) is 24.9. The van der Waals surface area contributed by atoms with Crippen LogP contribution in [0.5, 0.6) is 17.2 Å². The highest BCUT2D eigenvalue weighted by Crippen LogP contribution is 2.36. The zero-order valence-electron chi connectivity index (χ0n) is 17.1. The Kier molecular flexibility index (Phi) is 7.46. The minimum Gasteiger partial charge on any atom is -0.508 e. The number of aliphatic hydroxyl groups excluding tert-OH is 4. The number of phenolic OH excluding ortho intramolecular Hbond substituents is 2. The molecular weight excluding hydrogens is 442 g/mol. The summed E-state index contributed by atoms with van der Waals surface area (Å²) in [6.07, 6.45) is -7.98. The third kappa shape index (κ3) is 5.38. The summed E-state index contributed by atoms with van der Waals surface area (Å²) in [5, 5.41) is 70.1. The smallest absolute Gasteiger partial charge is 0.269 e. The highest BCUT2D eigenvalue weighted by Gasteiger charge is 2.45. The first kappa shape index (κ1) is 24.4. The molecule has 1 saturated heterocycles. The van der Waals surface area contributed by atoms with Gasteiger partial charge in [0.1, 0.15) is 47.2 Å². The van der Waals surface area contributed by atoms with Gasteiger partial charge in [0.15, 0.2) is 5.78 Å². The van der Waals surface area contributed by atoms with Gasteiger partial charge in [-0.25, -0.2) is 0 Å². The van der Waals surface area contributed by atoms with Crippen LogP contribution in [0.1, 0.15) is 22.3 Å². The summed E-state index contributed by atoms with van der Waals surface area (Å²) in [6, 6.07) is 7.50. The number of nitrogens with zero attached hydrogens (tertiary/aromatic N) is 1. The zero-order valence-corrected chi connectivity index (χ0v) is 17.1. The molecule has 0 bridgehead atoms. The van der Waals surface area contributed by atoms with Crippen LogP contribution in [-0.4, -0.2) is 78.7 Å². The quantitative estimate of drug-likeness (QED) is 0.174. The standard InChI is InChI=1S/C21H23NO11/c23-9-16-18(27)19(28)20(29)21(33-16)32-15-8-12(24)7-14(26)17(15)13(25)6-3-10-1-4-11(5-2-10)22(30)31/h1-2,4-5,7-8,16,18-21,23-24,26-29H,3,6,9H2/t16-,18-,19+,20-,21?/m1/s1. The molecule has 12 nitrogen and oxygen atoms in total. The molecule has 33 heavy (non-hydrogen) atoms. The van der Waals surface area contributed by atoms with Crippen LogP contribution in [0.25, 0.3) is 0 Å². The van der Waals surface area contributed by atoms with E-state index in [1.165, 1.54) is 24.3 Å². The van der Waals surface area contributed by atoms with E-state index in [9.17, 15) is 45.5 Å². The molecule has 3 rings (SSSR count). The minimum atomic E-state index is -1.77. The predicted octanol–water partition coefficient (Wildman–Crippen LogP) is 0.000200. The molecule has 0 amide bonds. The lowest BCUT2D eigenvalue weighted by Crippen LogP contribution is -2.60. The van der Waals surface area contributed by atoms with Crippen LogP contribution in [0.4, 0.5) is 5.69 Å². The maximum absolute atomic E-state index is 12.8. The average molecular weight is 465 g/mol. The summed E-state index contributed by atoms with van der Waals surface area (Å²) >= 11 is 0. The molecule has 12 heteroatoms. The number of non-ortho nitro benzene ring substituents is 1. The second kappa shape index (κ2) is 10.1. The van der Waals surface area contributed by atoms with Crippen LogP contribution in [0.2, 0.25) is 0 Å². The molecule has 5 atom stereocenters. The van der Waals surface area contributed by atoms with Crippen molar-refractivity contribution in [1.29, 1.82) is 0 Å². The van der Waals surface area contributed by atoms with E-state index in [0.717, 1.165) is 12.1 Å². The van der Waals surface area contributed by atoms with E-state index in [2.05, 4.69) is 0 Å². The maximum atomic E-state index is 12.8. The first-order chi connectivity index (χ1) is 15.6. The number of ketones is 1. The van der Waals surface area contributed by atoms with Crippen LogP contribution in [0.3, 0.4) is 0 Å². The fraction of sp³-hybridized carbons (Fsp3) is 0.381. The number of hydrogen-bond acceptors (Lipinski definition) is 11. The first-order valence-electron chi connectivity index (χ1n) is 9.92. The number of nitro benzene ring substituents is 1. The summed E-state index contributed by atoms with van der Waals surface area (Å²) in [5.41, 5.74) is 0.201. The number of rotatable bonds is 8. The maximum Gasteiger partial charge on any atom is 0.269 e. The Hall–Kier alpha value is -3.29. The van der Waals surface area contributed by atoms with E-state index >= 15 is 0 Å². The van der Waals surface area contributed by atoms with Gasteiger partial charge in [-0.15, -0.1) is 0 Å². The number of Topliss-reactive ketones (excluding diaryl/α,β-unsaturated/α-hetero) is 1. The number of ether oxygens (including phenoxy) is 2. The van der Waals surface area contributed by atoms with Gasteiger partial charge in [0.25, 0.3) is 5.69 Å². The second-order valence-electron chi connectivity index (χ2n) is 7.50. The van der Waals surface area contributed by atoms with Crippen molar-refractivity contribution in [3.63, 3.8) is 0 Å². The van der Waals surface area contributed by atoms with Gasteiger partial charge in [0, 0.05) is 30.7 Å². The zero-order chi connectivity index (χ0) is 24.3. The molecule has 1 fully saturated rings. The number of carbonyl (C=O) groups is 1. The molecule has 0 radical (unpaired) electrons. The largest absolute Gasteiger partial charge is 0.508 e. The van der Waals surface area contributed by atoms with Gasteiger partial charge in [-0.3, -0.25) is 14.9 Å². The number of nitro groups is 1. The molecule has 1 heterocycles. The molecule has 2 aromatic rings. The molecular formula is C21H23NO11. The highest BCUT2D eigenvalue weighted by molar-refractivity contribution is 6.01. The fourth-order valence-corrected chi connectivity index (χ4v) is 3.42. The van der Waals surface area contributed by atoms with Crippen LogP contribution in [0, 0.1) is 10.1 Å². The second-order valence-corrected chi connectivity index (χ2v) is 7.50. The van der Waals surface area contributed by atoms with E-state index < -0.39 is 59.5 Å². The number of benzene rings is 2. The average Bonchev–Trinajstić information content (AvgIpc) is 2.77. The number of carbonyl (C=O) groups excluding carboxylic acids is 1. The molecule has 6 N–H and O–H groups in total. The highest BCUT2D eigenvalue weighted by atomic mass is 16.7. The fourth-order valence-electron chi connectivity index (χ4n) is 3.42. The summed E-state index contributed by atoms with van der Waals surface area (Å²) < 4.78 is 10.7. The molecule has 0 saturated carbocycles. The molecule has 1 aliphatic rings. The van der Waals surface area contributed by atoms with Crippen molar-refractivity contribution in [1.82, 2.24) is 0 Å². The van der Waals surface area contributed by atoms with Crippen molar-refractivity contribution < 1.29 is 49.8 Å². The third-order valence-corrected chi connectivity index (χ3v) is 5.22. The van der Waals surface area contributed by atoms with Gasteiger partial charge in [0.05, 0.1) is 11.5 Å². The van der Waals surface area contributed by atoms with E-state index in [1.807, 2.05) is 0 Å². The molecule has 178 valence electrons. The van der Waals surface area contributed by atoms with Gasteiger partial charge in [0.2, 0.25) is 6.29 Å². The van der Waals surface area contributed by atoms with Crippen molar-refractivity contribution >= 4 is 11.5 Å². The van der Waals surface area contributed by atoms with Crippen molar-refractivity contribution in [3.05, 3.63) is 57.6 Å². The summed E-state index contributed by atoms with van der Waals surface area (Å²) in [5.74, 6) is -2.03. The summed E-state index contributed by atoms with van der Waals surface area (Å²) in [7, 11) is 0. The lowest BCUT2D eigenvalue weighted by atomic mass is 9.99. The predicted molar refractivity (Wildman–Crippen MR) is 110 cm³/mol. The third-order valence-electron chi connectivity index (χ3n) is 5.22. The number of aliphatic hydroxyl groups is 4. The lowest BCUT2D eigenvalue weighted by Gasteiger charge is -2.39. The monoisotopic (exact) mass is 465 g/mol. The first-order valence-corrected chi connectivity index (χ1v) is 9.92. The summed E-state index contributed by atoms with van der Waals surface area (Å²) in [4.78, 5) is 23.0. The number of phenols is 2. The Morgan fingerprint density at radius 1 is 1.06 bits per heavy atom. The Labute approximate surface area is 187 Å². The number of hydrogen-bond donors (Lipinski definition) is 6. The van der Waals surface area contributed by atoms with Gasteiger partial charge >= 0.3 is 0 Å². The van der Waals surface area contributed by atoms with Crippen LogP contribution < -0.4 is 4.74 Å². The van der Waals surface area contributed by atoms with Crippen molar-refractivity contribution in [2.24, 2.45) is 0 Å². The van der Waals surface area contributed by atoms with E-state index in [0.29, 0.717) is 5.56 Å². The molecule has 1 unspecified atom stereocenters. The van der Waals surface area contributed by atoms with Crippen LogP contribution >= 0.6 is 0 Å². The molecule has 1 aliphatic heterocycles. The SMILES string of the molecule is O=C(CCc1ccc([N+](=O)[O-])cc1)c1c(O)cc(O)cc1OC1O[C@H](CO)[C@@H](O)[C@H](O)[C@H]1O. The van der Waals surface area contributed by atoms with Gasteiger partial charge < -0.3 is 40.1 Å². The molecule has 2 aromatic carbocycles. The minimum absolute atomic E-state index is 0.100. The Bertz CT molecular complexity index is 1010.